The van der Waals surface area contributed by atoms with Crippen LogP contribution in [0.15, 0.2) is 18.5 Å². The number of carbonyl (C=O) groups is 1. The molecule has 0 atom stereocenters. The first kappa shape index (κ1) is 17.0. The molecule has 1 aromatic heterocycles. The molecule has 1 aromatic rings. The number of ether oxygens (including phenoxy) is 1. The van der Waals surface area contributed by atoms with E-state index in [0.717, 1.165) is 0 Å². The van der Waals surface area contributed by atoms with Crippen LogP contribution in [-0.2, 0) is 4.74 Å². The Hall–Kier alpha value is -1.06. The normalized spacial score (nSPS) is 12.2. The smallest absolute Gasteiger partial charge is 0.415 e. The van der Waals surface area contributed by atoms with Crippen LogP contribution in [0.4, 0.5) is 23.7 Å². The molecular formula is C12H14F3IN2O2. The summed E-state index contributed by atoms with van der Waals surface area (Å²) in [6, 6.07) is 1.52. The fraction of sp³-hybridized carbons (Fsp3) is 0.500. The maximum absolute atomic E-state index is 12.6. The Balaban J connectivity index is 3.10. The van der Waals surface area contributed by atoms with Crippen LogP contribution in [0, 0.1) is 3.57 Å². The van der Waals surface area contributed by atoms with Crippen LogP contribution in [0.3, 0.4) is 0 Å². The van der Waals surface area contributed by atoms with E-state index in [1.165, 1.54) is 18.5 Å². The molecule has 0 fully saturated rings. The molecule has 0 saturated carbocycles. The van der Waals surface area contributed by atoms with Crippen molar-refractivity contribution in [3.05, 3.63) is 22.0 Å². The molecule has 0 unspecified atom stereocenters. The first-order valence-corrected chi connectivity index (χ1v) is 6.74. The van der Waals surface area contributed by atoms with Gasteiger partial charge in [-0.15, -0.1) is 0 Å². The number of anilines is 1. The van der Waals surface area contributed by atoms with E-state index in [4.69, 9.17) is 4.74 Å². The van der Waals surface area contributed by atoms with Crippen LogP contribution < -0.4 is 4.90 Å². The van der Waals surface area contributed by atoms with Crippen molar-refractivity contribution in [3.63, 3.8) is 0 Å². The number of pyridine rings is 1. The molecule has 0 radical (unpaired) electrons. The SMILES string of the molecule is CC(C)(C)OC(=O)N(CC(F)(F)F)c1cnccc1I. The summed E-state index contributed by atoms with van der Waals surface area (Å²) in [5.41, 5.74) is -0.811. The lowest BCUT2D eigenvalue weighted by Gasteiger charge is -2.28. The van der Waals surface area contributed by atoms with E-state index in [1.54, 1.807) is 20.8 Å². The molecule has 1 amide bonds. The van der Waals surface area contributed by atoms with Gasteiger partial charge in [0.1, 0.15) is 12.1 Å². The highest BCUT2D eigenvalue weighted by Gasteiger charge is 2.36. The first-order valence-electron chi connectivity index (χ1n) is 5.66. The zero-order chi connectivity index (χ0) is 15.6. The second-order valence-corrected chi connectivity index (χ2v) is 6.17. The molecule has 0 aliphatic heterocycles. The Morgan fingerprint density at radius 1 is 1.40 bits per heavy atom. The highest BCUT2D eigenvalue weighted by Crippen LogP contribution is 2.27. The summed E-state index contributed by atoms with van der Waals surface area (Å²) < 4.78 is 43.4. The maximum Gasteiger partial charge on any atom is 0.415 e. The van der Waals surface area contributed by atoms with Crippen LogP contribution >= 0.6 is 22.6 Å². The van der Waals surface area contributed by atoms with Gasteiger partial charge in [-0.1, -0.05) is 0 Å². The average molecular weight is 402 g/mol. The molecule has 0 aromatic carbocycles. The Morgan fingerprint density at radius 2 is 2.00 bits per heavy atom. The third-order valence-corrected chi connectivity index (χ3v) is 2.90. The first-order chi connectivity index (χ1) is 8.99. The van der Waals surface area contributed by atoms with Crippen molar-refractivity contribution in [2.24, 2.45) is 0 Å². The predicted molar refractivity (Wildman–Crippen MR) is 76.6 cm³/mol. The van der Waals surface area contributed by atoms with E-state index in [9.17, 15) is 18.0 Å². The monoisotopic (exact) mass is 402 g/mol. The van der Waals surface area contributed by atoms with Gasteiger partial charge in [0.15, 0.2) is 0 Å². The van der Waals surface area contributed by atoms with E-state index in [1.807, 2.05) is 22.6 Å². The molecule has 1 rings (SSSR count). The van der Waals surface area contributed by atoms with Gasteiger partial charge in [-0.05, 0) is 49.4 Å². The molecule has 112 valence electrons. The molecule has 20 heavy (non-hydrogen) atoms. The number of aromatic nitrogens is 1. The zero-order valence-electron chi connectivity index (χ0n) is 11.2. The summed E-state index contributed by atoms with van der Waals surface area (Å²) in [5.74, 6) is 0. The van der Waals surface area contributed by atoms with Gasteiger partial charge in [0, 0.05) is 9.77 Å². The Labute approximate surface area is 128 Å². The molecule has 8 heteroatoms. The molecule has 0 aliphatic rings. The lowest BCUT2D eigenvalue weighted by Crippen LogP contribution is -2.42. The van der Waals surface area contributed by atoms with Crippen molar-refractivity contribution < 1.29 is 22.7 Å². The number of halogens is 4. The van der Waals surface area contributed by atoms with Crippen LogP contribution in [-0.4, -0.2) is 29.4 Å². The Kier molecular flexibility index (Phi) is 5.22. The van der Waals surface area contributed by atoms with Crippen molar-refractivity contribution in [2.75, 3.05) is 11.4 Å². The van der Waals surface area contributed by atoms with Crippen molar-refractivity contribution >= 4 is 34.4 Å². The van der Waals surface area contributed by atoms with E-state index in [0.29, 0.717) is 8.47 Å². The lowest BCUT2D eigenvalue weighted by molar-refractivity contribution is -0.119. The average Bonchev–Trinajstić information content (AvgIpc) is 2.23. The van der Waals surface area contributed by atoms with Crippen molar-refractivity contribution in [2.45, 2.75) is 32.5 Å². The second kappa shape index (κ2) is 6.15. The summed E-state index contributed by atoms with van der Waals surface area (Å²) in [5, 5.41) is 0. The molecule has 1 heterocycles. The third kappa shape index (κ3) is 5.51. The minimum atomic E-state index is -4.53. The fourth-order valence-electron chi connectivity index (χ4n) is 1.31. The molecule has 4 nitrogen and oxygen atoms in total. The van der Waals surface area contributed by atoms with Gasteiger partial charge in [-0.3, -0.25) is 9.88 Å². The van der Waals surface area contributed by atoms with Gasteiger partial charge in [-0.25, -0.2) is 4.79 Å². The summed E-state index contributed by atoms with van der Waals surface area (Å²) >= 11 is 1.84. The van der Waals surface area contributed by atoms with Crippen LogP contribution in [0.25, 0.3) is 0 Å². The number of hydrogen-bond donors (Lipinski definition) is 0. The number of rotatable bonds is 2. The van der Waals surface area contributed by atoms with E-state index in [2.05, 4.69) is 4.98 Å². The van der Waals surface area contributed by atoms with E-state index < -0.39 is 24.4 Å². The number of hydrogen-bond acceptors (Lipinski definition) is 3. The third-order valence-electron chi connectivity index (χ3n) is 1.99. The number of alkyl halides is 3. The van der Waals surface area contributed by atoms with Crippen LogP contribution in [0.1, 0.15) is 20.8 Å². The quantitative estimate of drug-likeness (QED) is 0.703. The fourth-order valence-corrected chi connectivity index (χ4v) is 1.90. The Morgan fingerprint density at radius 3 is 2.45 bits per heavy atom. The second-order valence-electron chi connectivity index (χ2n) is 5.01. The van der Waals surface area contributed by atoms with Gasteiger partial charge in [0.25, 0.3) is 0 Å². The summed E-state index contributed by atoms with van der Waals surface area (Å²) in [6.07, 6.45) is -2.94. The molecule has 0 bridgehead atoms. The Bertz CT molecular complexity index is 486. The molecule has 0 N–H and O–H groups in total. The van der Waals surface area contributed by atoms with Gasteiger partial charge >= 0.3 is 12.3 Å². The zero-order valence-corrected chi connectivity index (χ0v) is 13.3. The van der Waals surface area contributed by atoms with Gasteiger partial charge < -0.3 is 4.74 Å². The van der Waals surface area contributed by atoms with Crippen LogP contribution in [0.5, 0.6) is 0 Å². The largest absolute Gasteiger partial charge is 0.443 e. The maximum atomic E-state index is 12.6. The number of nitrogens with zero attached hydrogens (tertiary/aromatic N) is 2. The molecule has 0 spiro atoms. The summed E-state index contributed by atoms with van der Waals surface area (Å²) in [7, 11) is 0. The van der Waals surface area contributed by atoms with Crippen molar-refractivity contribution in [1.82, 2.24) is 4.98 Å². The summed E-state index contributed by atoms with van der Waals surface area (Å²) in [4.78, 5) is 16.3. The van der Waals surface area contributed by atoms with Crippen LogP contribution in [0.2, 0.25) is 0 Å². The van der Waals surface area contributed by atoms with Gasteiger partial charge in [0.2, 0.25) is 0 Å². The predicted octanol–water partition coefficient (Wildman–Crippen LogP) is 3.99. The highest BCUT2D eigenvalue weighted by molar-refractivity contribution is 14.1. The van der Waals surface area contributed by atoms with Gasteiger partial charge in [0.05, 0.1) is 11.9 Å². The minimum Gasteiger partial charge on any atom is -0.443 e. The molecular weight excluding hydrogens is 388 g/mol. The molecule has 0 aliphatic carbocycles. The summed E-state index contributed by atoms with van der Waals surface area (Å²) in [6.45, 7) is 3.34. The molecule has 0 saturated heterocycles. The van der Waals surface area contributed by atoms with E-state index >= 15 is 0 Å². The van der Waals surface area contributed by atoms with Gasteiger partial charge in [-0.2, -0.15) is 13.2 Å². The van der Waals surface area contributed by atoms with Crippen molar-refractivity contribution in [3.8, 4) is 0 Å². The number of amides is 1. The highest BCUT2D eigenvalue weighted by atomic mass is 127. The standard InChI is InChI=1S/C12H14F3IN2O2/c1-11(2,3)20-10(19)18(7-12(13,14)15)9-6-17-5-4-8(9)16/h4-6H,7H2,1-3H3. The number of carbonyl (C=O) groups excluding carboxylic acids is 1. The lowest BCUT2D eigenvalue weighted by atomic mass is 10.2. The van der Waals surface area contributed by atoms with Crippen molar-refractivity contribution in [1.29, 1.82) is 0 Å². The van der Waals surface area contributed by atoms with E-state index in [-0.39, 0.29) is 5.69 Å². The minimum absolute atomic E-state index is 0.0691. The topological polar surface area (TPSA) is 42.4 Å².